The van der Waals surface area contributed by atoms with E-state index < -0.39 is 5.79 Å². The predicted octanol–water partition coefficient (Wildman–Crippen LogP) is 3.35. The Morgan fingerprint density at radius 1 is 1.05 bits per heavy atom. The molecule has 2 unspecified atom stereocenters. The Balaban J connectivity index is 1.60. The Morgan fingerprint density at radius 2 is 1.70 bits per heavy atom. The lowest BCUT2D eigenvalue weighted by Crippen LogP contribution is -2.26. The highest BCUT2D eigenvalue weighted by atomic mass is 16.7. The Kier molecular flexibility index (Phi) is 3.72. The summed E-state index contributed by atoms with van der Waals surface area (Å²) in [6.07, 6.45) is -0.0552. The molecule has 0 amide bonds. The number of benzene rings is 2. The van der Waals surface area contributed by atoms with E-state index in [2.05, 4.69) is 0 Å². The molecule has 1 aliphatic rings. The summed E-state index contributed by atoms with van der Waals surface area (Å²) < 4.78 is 17.5. The average Bonchev–Trinajstić information content (AvgIpc) is 2.90. The highest BCUT2D eigenvalue weighted by Gasteiger charge is 2.38. The third-order valence-electron chi connectivity index (χ3n) is 3.41. The van der Waals surface area contributed by atoms with Crippen LogP contribution in [-0.2, 0) is 15.3 Å². The summed E-state index contributed by atoms with van der Waals surface area (Å²) in [6.45, 7) is 2.98. The fourth-order valence-electron chi connectivity index (χ4n) is 2.32. The molecule has 0 aromatic heterocycles. The molecule has 104 valence electrons. The zero-order valence-electron chi connectivity index (χ0n) is 11.5. The van der Waals surface area contributed by atoms with E-state index in [0.29, 0.717) is 13.2 Å². The Hall–Kier alpha value is -1.84. The van der Waals surface area contributed by atoms with E-state index in [1.54, 1.807) is 0 Å². The maximum absolute atomic E-state index is 6.01. The van der Waals surface area contributed by atoms with Crippen LogP contribution in [0.2, 0.25) is 0 Å². The predicted molar refractivity (Wildman–Crippen MR) is 76.6 cm³/mol. The molecule has 0 bridgehead atoms. The molecule has 0 radical (unpaired) electrons. The van der Waals surface area contributed by atoms with Gasteiger partial charge in [0.25, 0.3) is 0 Å². The second-order valence-electron chi connectivity index (χ2n) is 4.99. The molecule has 3 heteroatoms. The number of ether oxygens (including phenoxy) is 3. The van der Waals surface area contributed by atoms with Gasteiger partial charge in [-0.25, -0.2) is 0 Å². The minimum absolute atomic E-state index is 0.0552. The van der Waals surface area contributed by atoms with Gasteiger partial charge in [-0.2, -0.15) is 0 Å². The smallest absolute Gasteiger partial charge is 0.192 e. The van der Waals surface area contributed by atoms with Gasteiger partial charge < -0.3 is 14.2 Å². The van der Waals surface area contributed by atoms with E-state index in [4.69, 9.17) is 14.2 Å². The number of hydrogen-bond donors (Lipinski definition) is 0. The van der Waals surface area contributed by atoms with E-state index in [1.165, 1.54) is 0 Å². The van der Waals surface area contributed by atoms with Crippen LogP contribution >= 0.6 is 0 Å². The van der Waals surface area contributed by atoms with Gasteiger partial charge in [0, 0.05) is 5.56 Å². The molecule has 20 heavy (non-hydrogen) atoms. The van der Waals surface area contributed by atoms with Gasteiger partial charge in [-0.1, -0.05) is 48.5 Å². The summed E-state index contributed by atoms with van der Waals surface area (Å²) in [7, 11) is 0. The zero-order valence-corrected chi connectivity index (χ0v) is 11.5. The number of hydrogen-bond acceptors (Lipinski definition) is 3. The molecular formula is C17H18O3. The van der Waals surface area contributed by atoms with Crippen molar-refractivity contribution in [2.45, 2.75) is 18.8 Å². The van der Waals surface area contributed by atoms with Gasteiger partial charge >= 0.3 is 0 Å². The highest BCUT2D eigenvalue weighted by molar-refractivity contribution is 5.22. The zero-order chi connectivity index (χ0) is 13.8. The van der Waals surface area contributed by atoms with E-state index in [9.17, 15) is 0 Å². The molecule has 2 atom stereocenters. The third-order valence-corrected chi connectivity index (χ3v) is 3.41. The molecular weight excluding hydrogens is 252 g/mol. The SMILES string of the molecule is CC1(c2ccccc2)OCC(COc2ccccc2)O1. The van der Waals surface area contributed by atoms with Crippen LogP contribution in [0.4, 0.5) is 0 Å². The van der Waals surface area contributed by atoms with E-state index in [-0.39, 0.29) is 6.10 Å². The van der Waals surface area contributed by atoms with Gasteiger partial charge in [0.2, 0.25) is 0 Å². The van der Waals surface area contributed by atoms with Crippen LogP contribution in [0.25, 0.3) is 0 Å². The van der Waals surface area contributed by atoms with Crippen LogP contribution < -0.4 is 4.74 Å². The van der Waals surface area contributed by atoms with Gasteiger partial charge in [0.15, 0.2) is 5.79 Å². The second-order valence-corrected chi connectivity index (χ2v) is 4.99. The molecule has 1 saturated heterocycles. The molecule has 1 heterocycles. The lowest BCUT2D eigenvalue weighted by molar-refractivity contribution is -0.164. The minimum atomic E-state index is -0.675. The first kappa shape index (κ1) is 13.2. The third kappa shape index (κ3) is 2.84. The molecule has 1 aliphatic heterocycles. The van der Waals surface area contributed by atoms with Crippen LogP contribution in [0.1, 0.15) is 12.5 Å². The monoisotopic (exact) mass is 270 g/mol. The molecule has 1 fully saturated rings. The van der Waals surface area contributed by atoms with Crippen molar-refractivity contribution in [2.24, 2.45) is 0 Å². The van der Waals surface area contributed by atoms with E-state index >= 15 is 0 Å². The molecule has 0 spiro atoms. The largest absolute Gasteiger partial charge is 0.491 e. The van der Waals surface area contributed by atoms with E-state index in [1.807, 2.05) is 67.6 Å². The summed E-state index contributed by atoms with van der Waals surface area (Å²) in [5, 5.41) is 0. The number of rotatable bonds is 4. The maximum atomic E-state index is 6.01. The standard InChI is InChI=1S/C17H18O3/c1-17(14-8-4-2-5-9-14)19-13-16(20-17)12-18-15-10-6-3-7-11-15/h2-11,16H,12-13H2,1H3. The van der Waals surface area contributed by atoms with Crippen LogP contribution in [-0.4, -0.2) is 19.3 Å². The highest BCUT2D eigenvalue weighted by Crippen LogP contribution is 2.33. The van der Waals surface area contributed by atoms with Crippen molar-refractivity contribution >= 4 is 0 Å². The molecule has 3 rings (SSSR count). The first-order chi connectivity index (χ1) is 9.76. The molecule has 2 aromatic rings. The lowest BCUT2D eigenvalue weighted by Gasteiger charge is -2.23. The van der Waals surface area contributed by atoms with Crippen molar-refractivity contribution in [3.8, 4) is 5.75 Å². The van der Waals surface area contributed by atoms with Crippen molar-refractivity contribution in [3.05, 3.63) is 66.2 Å². The normalized spacial score (nSPS) is 25.6. The number of para-hydroxylation sites is 1. The van der Waals surface area contributed by atoms with Crippen molar-refractivity contribution in [3.63, 3.8) is 0 Å². The Bertz CT molecular complexity index is 541. The summed E-state index contributed by atoms with van der Waals surface area (Å²) in [5.41, 5.74) is 1.03. The molecule has 0 aliphatic carbocycles. The second kappa shape index (κ2) is 5.65. The summed E-state index contributed by atoms with van der Waals surface area (Å²) in [6, 6.07) is 19.7. The van der Waals surface area contributed by atoms with Crippen molar-refractivity contribution in [2.75, 3.05) is 13.2 Å². The lowest BCUT2D eigenvalue weighted by atomic mass is 10.1. The quantitative estimate of drug-likeness (QED) is 0.852. The van der Waals surface area contributed by atoms with Crippen LogP contribution in [0.3, 0.4) is 0 Å². The first-order valence-corrected chi connectivity index (χ1v) is 6.81. The Labute approximate surface area is 119 Å². The van der Waals surface area contributed by atoms with Crippen LogP contribution in [0.15, 0.2) is 60.7 Å². The van der Waals surface area contributed by atoms with Gasteiger partial charge in [0.1, 0.15) is 18.5 Å². The fraction of sp³-hybridized carbons (Fsp3) is 0.294. The average molecular weight is 270 g/mol. The fourth-order valence-corrected chi connectivity index (χ4v) is 2.32. The molecule has 3 nitrogen and oxygen atoms in total. The van der Waals surface area contributed by atoms with Gasteiger partial charge in [0.05, 0.1) is 6.61 Å². The topological polar surface area (TPSA) is 27.7 Å². The van der Waals surface area contributed by atoms with Crippen molar-refractivity contribution in [1.29, 1.82) is 0 Å². The molecule has 0 saturated carbocycles. The summed E-state index contributed by atoms with van der Waals surface area (Å²) >= 11 is 0. The van der Waals surface area contributed by atoms with E-state index in [0.717, 1.165) is 11.3 Å². The van der Waals surface area contributed by atoms with Crippen LogP contribution in [0, 0.1) is 0 Å². The van der Waals surface area contributed by atoms with Gasteiger partial charge in [-0.15, -0.1) is 0 Å². The first-order valence-electron chi connectivity index (χ1n) is 6.81. The van der Waals surface area contributed by atoms with Crippen molar-refractivity contribution < 1.29 is 14.2 Å². The van der Waals surface area contributed by atoms with Crippen LogP contribution in [0.5, 0.6) is 5.75 Å². The molecule has 0 N–H and O–H groups in total. The summed E-state index contributed by atoms with van der Waals surface area (Å²) in [4.78, 5) is 0. The van der Waals surface area contributed by atoms with Gasteiger partial charge in [-0.05, 0) is 19.1 Å². The summed E-state index contributed by atoms with van der Waals surface area (Å²) in [5.74, 6) is 0.177. The van der Waals surface area contributed by atoms with Gasteiger partial charge in [-0.3, -0.25) is 0 Å². The minimum Gasteiger partial charge on any atom is -0.491 e. The Morgan fingerprint density at radius 3 is 2.40 bits per heavy atom. The maximum Gasteiger partial charge on any atom is 0.192 e. The molecule has 2 aromatic carbocycles. The van der Waals surface area contributed by atoms with Crippen molar-refractivity contribution in [1.82, 2.24) is 0 Å².